The molecule has 84 valence electrons. The Morgan fingerprint density at radius 3 is 2.79 bits per heavy atom. The second-order valence-corrected chi connectivity index (χ2v) is 4.93. The van der Waals surface area contributed by atoms with Crippen molar-refractivity contribution in [2.75, 3.05) is 25.9 Å². The second-order valence-electron chi connectivity index (χ2n) is 3.73. The highest BCUT2D eigenvalue weighted by Gasteiger charge is 2.46. The maximum absolute atomic E-state index is 13.5. The lowest BCUT2D eigenvalue weighted by atomic mass is 9.87. The van der Waals surface area contributed by atoms with Crippen LogP contribution in [0.4, 0.5) is 8.78 Å². The number of hydrogen-bond donors (Lipinski definition) is 2. The molecule has 0 amide bonds. The normalized spacial score (nSPS) is 34.0. The molecule has 6 heteroatoms. The Morgan fingerprint density at radius 1 is 1.57 bits per heavy atom. The number of nitrogens with one attached hydrogen (secondary N) is 2. The van der Waals surface area contributed by atoms with E-state index in [1.165, 1.54) is 13.2 Å². The van der Waals surface area contributed by atoms with Crippen molar-refractivity contribution >= 4 is 11.0 Å². The Morgan fingerprint density at radius 2 is 2.21 bits per heavy atom. The average Bonchev–Trinajstić information content (AvgIpc) is 2.07. The minimum Gasteiger partial charge on any atom is -0.316 e. The van der Waals surface area contributed by atoms with Gasteiger partial charge in [-0.25, -0.2) is 17.7 Å². The van der Waals surface area contributed by atoms with Crippen molar-refractivity contribution in [3.8, 4) is 0 Å². The molecule has 0 aliphatic carbocycles. The molecule has 0 bridgehead atoms. The first-order valence-corrected chi connectivity index (χ1v) is 6.16. The van der Waals surface area contributed by atoms with Crippen molar-refractivity contribution < 1.29 is 13.0 Å². The van der Waals surface area contributed by atoms with Crippen LogP contribution in [0.2, 0.25) is 0 Å². The predicted molar refractivity (Wildman–Crippen MR) is 52.5 cm³/mol. The third-order valence-corrected chi connectivity index (χ3v) is 3.15. The molecule has 0 aromatic rings. The minimum atomic E-state index is -2.67. The van der Waals surface area contributed by atoms with Crippen molar-refractivity contribution in [1.82, 2.24) is 10.0 Å². The quantitative estimate of drug-likeness (QED) is 0.729. The molecule has 2 N–H and O–H groups in total. The van der Waals surface area contributed by atoms with E-state index in [2.05, 4.69) is 10.0 Å². The van der Waals surface area contributed by atoms with Crippen molar-refractivity contribution in [3.63, 3.8) is 0 Å². The van der Waals surface area contributed by atoms with Gasteiger partial charge in [-0.1, -0.05) is 6.92 Å². The highest BCUT2D eigenvalue weighted by molar-refractivity contribution is 7.82. The predicted octanol–water partition coefficient (Wildman–Crippen LogP) is 0.360. The summed E-state index contributed by atoms with van der Waals surface area (Å²) in [4.78, 5) is 0. The fourth-order valence-corrected chi connectivity index (χ4v) is 2.01. The van der Waals surface area contributed by atoms with Gasteiger partial charge in [-0.15, -0.1) is 0 Å². The van der Waals surface area contributed by atoms with Gasteiger partial charge in [0.15, 0.2) is 0 Å². The van der Waals surface area contributed by atoms with E-state index in [-0.39, 0.29) is 13.1 Å². The van der Waals surface area contributed by atoms with Crippen molar-refractivity contribution in [2.45, 2.75) is 12.8 Å². The number of hydrogen-bond acceptors (Lipinski definition) is 2. The highest BCUT2D eigenvalue weighted by Crippen LogP contribution is 2.34. The molecule has 0 aromatic carbocycles. The molecule has 14 heavy (non-hydrogen) atoms. The topological polar surface area (TPSA) is 41.1 Å². The van der Waals surface area contributed by atoms with Crippen molar-refractivity contribution in [1.29, 1.82) is 0 Å². The van der Waals surface area contributed by atoms with Crippen molar-refractivity contribution in [3.05, 3.63) is 0 Å². The molecule has 0 aromatic heterocycles. The Bertz CT molecular complexity index is 225. The molecule has 1 fully saturated rings. The molecule has 1 saturated heterocycles. The SMILES string of the molecule is CC1CNCC(CNS(C)=O)C1(F)F. The van der Waals surface area contributed by atoms with E-state index in [0.717, 1.165) is 0 Å². The van der Waals surface area contributed by atoms with Gasteiger partial charge in [0, 0.05) is 37.7 Å². The lowest BCUT2D eigenvalue weighted by molar-refractivity contribution is -0.115. The smallest absolute Gasteiger partial charge is 0.257 e. The van der Waals surface area contributed by atoms with Gasteiger partial charge in [0.2, 0.25) is 0 Å². The lowest BCUT2D eigenvalue weighted by Crippen LogP contribution is -2.53. The van der Waals surface area contributed by atoms with Crippen LogP contribution in [0.3, 0.4) is 0 Å². The molecule has 1 aliphatic rings. The van der Waals surface area contributed by atoms with Crippen LogP contribution in [0.5, 0.6) is 0 Å². The van der Waals surface area contributed by atoms with Crippen LogP contribution >= 0.6 is 0 Å². The van der Waals surface area contributed by atoms with E-state index < -0.39 is 28.7 Å². The number of halogens is 2. The fourth-order valence-electron chi connectivity index (χ4n) is 1.57. The summed E-state index contributed by atoms with van der Waals surface area (Å²) < 4.78 is 40.3. The summed E-state index contributed by atoms with van der Waals surface area (Å²) in [6.45, 7) is 2.25. The zero-order valence-electron chi connectivity index (χ0n) is 8.35. The highest BCUT2D eigenvalue weighted by atomic mass is 32.2. The van der Waals surface area contributed by atoms with Gasteiger partial charge in [0.1, 0.15) is 0 Å². The molecule has 1 rings (SSSR count). The zero-order chi connectivity index (χ0) is 10.8. The molecule has 3 nitrogen and oxygen atoms in total. The molecule has 3 atom stereocenters. The third-order valence-electron chi connectivity index (χ3n) is 2.58. The maximum Gasteiger partial charge on any atom is 0.257 e. The second kappa shape index (κ2) is 4.63. The maximum atomic E-state index is 13.5. The molecule has 1 heterocycles. The van der Waals surface area contributed by atoms with Crippen LogP contribution in [0, 0.1) is 11.8 Å². The lowest BCUT2D eigenvalue weighted by Gasteiger charge is -2.36. The summed E-state index contributed by atoms with van der Waals surface area (Å²) in [6.07, 6.45) is 1.44. The van der Waals surface area contributed by atoms with Crippen molar-refractivity contribution in [2.24, 2.45) is 11.8 Å². The van der Waals surface area contributed by atoms with Gasteiger partial charge >= 0.3 is 0 Å². The average molecular weight is 226 g/mol. The summed E-state index contributed by atoms with van der Waals surface area (Å²) in [5, 5.41) is 2.94. The Labute approximate surface area is 85.2 Å². The molecular weight excluding hydrogens is 210 g/mol. The largest absolute Gasteiger partial charge is 0.316 e. The number of rotatable bonds is 3. The van der Waals surface area contributed by atoms with E-state index in [4.69, 9.17) is 0 Å². The van der Waals surface area contributed by atoms with E-state index >= 15 is 0 Å². The monoisotopic (exact) mass is 226 g/mol. The van der Waals surface area contributed by atoms with Gasteiger partial charge in [-0.2, -0.15) is 0 Å². The van der Waals surface area contributed by atoms with E-state index in [1.54, 1.807) is 0 Å². The molecule has 3 unspecified atom stereocenters. The van der Waals surface area contributed by atoms with E-state index in [9.17, 15) is 13.0 Å². The van der Waals surface area contributed by atoms with Gasteiger partial charge in [-0.05, 0) is 0 Å². The summed E-state index contributed by atoms with van der Waals surface area (Å²) in [5.74, 6) is -4.10. The zero-order valence-corrected chi connectivity index (χ0v) is 9.16. The first kappa shape index (κ1) is 12.0. The van der Waals surface area contributed by atoms with Crippen LogP contribution in [0.15, 0.2) is 0 Å². The van der Waals surface area contributed by atoms with Crippen LogP contribution in [0.25, 0.3) is 0 Å². The summed E-state index contributed by atoms with van der Waals surface area (Å²) >= 11 is 0. The third kappa shape index (κ3) is 2.71. The first-order chi connectivity index (χ1) is 6.44. The Kier molecular flexibility index (Phi) is 3.97. The summed E-state index contributed by atoms with van der Waals surface area (Å²) in [6, 6.07) is 0. The minimum absolute atomic E-state index is 0.0907. The summed E-state index contributed by atoms with van der Waals surface area (Å²) in [5.41, 5.74) is 0. The first-order valence-electron chi connectivity index (χ1n) is 4.60. The van der Waals surface area contributed by atoms with Gasteiger partial charge in [0.05, 0.1) is 11.0 Å². The van der Waals surface area contributed by atoms with E-state index in [0.29, 0.717) is 6.54 Å². The molecule has 0 saturated carbocycles. The fraction of sp³-hybridized carbons (Fsp3) is 1.00. The van der Waals surface area contributed by atoms with Crippen LogP contribution in [-0.4, -0.2) is 36.0 Å². The van der Waals surface area contributed by atoms with Gasteiger partial charge in [-0.3, -0.25) is 0 Å². The number of piperidine rings is 1. The Balaban J connectivity index is 2.53. The molecular formula is C8H16F2N2OS. The molecule has 1 aliphatic heterocycles. The molecule has 0 spiro atoms. The van der Waals surface area contributed by atoms with Gasteiger partial charge < -0.3 is 5.32 Å². The molecule has 0 radical (unpaired) electrons. The standard InChI is InChI=1S/C8H16F2N2OS/c1-6-3-11-4-7(8(6,9)10)5-12-14(2)13/h6-7,11-12H,3-5H2,1-2H3. The van der Waals surface area contributed by atoms with Crippen LogP contribution < -0.4 is 10.0 Å². The number of alkyl halides is 2. The summed E-state index contributed by atoms with van der Waals surface area (Å²) in [7, 11) is -1.22. The van der Waals surface area contributed by atoms with Crippen LogP contribution in [-0.2, 0) is 11.0 Å². The van der Waals surface area contributed by atoms with Crippen LogP contribution in [0.1, 0.15) is 6.92 Å². The van der Waals surface area contributed by atoms with Gasteiger partial charge in [0.25, 0.3) is 5.92 Å². The Hall–Kier alpha value is -0.0700. The van der Waals surface area contributed by atoms with E-state index in [1.807, 2.05) is 0 Å².